The number of likely N-dealkylation sites (tertiary alicyclic amines) is 1. The Labute approximate surface area is 202 Å². The fourth-order valence-electron chi connectivity index (χ4n) is 8.95. The smallest absolute Gasteiger partial charge is 0.142 e. The molecule has 2 aromatic carbocycles. The number of rotatable bonds is 5. The highest BCUT2D eigenvalue weighted by Gasteiger charge is 2.79. The zero-order valence-electron chi connectivity index (χ0n) is 20.5. The highest BCUT2D eigenvalue weighted by molar-refractivity contribution is 5.61. The Morgan fingerprint density at radius 2 is 1.97 bits per heavy atom. The van der Waals surface area contributed by atoms with Crippen molar-refractivity contribution in [3.63, 3.8) is 0 Å². The third-order valence-electron chi connectivity index (χ3n) is 10.5. The van der Waals surface area contributed by atoms with E-state index in [4.69, 9.17) is 9.47 Å². The van der Waals surface area contributed by atoms with Gasteiger partial charge in [-0.1, -0.05) is 54.6 Å². The number of hydrogen-bond donors (Lipinski definition) is 1. The van der Waals surface area contributed by atoms with Gasteiger partial charge in [-0.05, 0) is 69.8 Å². The minimum atomic E-state index is -0.878. The van der Waals surface area contributed by atoms with E-state index in [1.807, 2.05) is 20.1 Å². The van der Waals surface area contributed by atoms with E-state index in [0.717, 1.165) is 38.0 Å². The number of methoxy groups -OCH3 is 1. The number of hydrogen-bond acceptors (Lipinski definition) is 4. The van der Waals surface area contributed by atoms with Crippen molar-refractivity contribution in [2.75, 3.05) is 20.7 Å². The molecule has 34 heavy (non-hydrogen) atoms. The number of likely N-dealkylation sites (N-methyl/N-ethyl adjacent to an activating group) is 1. The second-order valence-corrected chi connectivity index (χ2v) is 11.7. The predicted molar refractivity (Wildman–Crippen MR) is 132 cm³/mol. The van der Waals surface area contributed by atoms with E-state index in [2.05, 4.69) is 66.6 Å². The van der Waals surface area contributed by atoms with Crippen LogP contribution in [-0.4, -0.2) is 54.1 Å². The summed E-state index contributed by atoms with van der Waals surface area (Å²) in [5.41, 5.74) is 2.51. The third kappa shape index (κ3) is 2.31. The minimum Gasteiger partial charge on any atom is -0.486 e. The SMILES string of the molecule is CO[C@@]12C=CC3(C[C@@H]1[C@](C)(O)CCc1ccccc1)[C@H]1Cc4cccc5c4[C@@]3(CCN1C)[C@H]2O5. The van der Waals surface area contributed by atoms with Gasteiger partial charge in [0.25, 0.3) is 0 Å². The summed E-state index contributed by atoms with van der Waals surface area (Å²) >= 11 is 0. The molecule has 1 saturated carbocycles. The second-order valence-electron chi connectivity index (χ2n) is 11.7. The van der Waals surface area contributed by atoms with Gasteiger partial charge < -0.3 is 19.5 Å². The van der Waals surface area contributed by atoms with Crippen molar-refractivity contribution in [2.24, 2.45) is 11.3 Å². The lowest BCUT2D eigenvalue weighted by Crippen LogP contribution is -2.80. The van der Waals surface area contributed by atoms with Gasteiger partial charge in [-0.15, -0.1) is 0 Å². The molecule has 7 atom stereocenters. The van der Waals surface area contributed by atoms with Gasteiger partial charge in [0.2, 0.25) is 0 Å². The number of piperidine rings is 1. The van der Waals surface area contributed by atoms with Crippen molar-refractivity contribution in [3.05, 3.63) is 77.4 Å². The molecule has 4 heteroatoms. The van der Waals surface area contributed by atoms with Crippen LogP contribution in [0, 0.1) is 11.3 Å². The fraction of sp³-hybridized carbons (Fsp3) is 0.533. The van der Waals surface area contributed by atoms with Gasteiger partial charge in [0.1, 0.15) is 17.5 Å². The lowest BCUT2D eigenvalue weighted by Gasteiger charge is -2.72. The Hall–Kier alpha value is -2.14. The molecule has 1 unspecified atom stereocenters. The van der Waals surface area contributed by atoms with Crippen LogP contribution in [0.5, 0.6) is 5.75 Å². The van der Waals surface area contributed by atoms with Crippen LogP contribution in [-0.2, 0) is 23.0 Å². The van der Waals surface area contributed by atoms with E-state index in [9.17, 15) is 5.11 Å². The second kappa shape index (κ2) is 6.75. The van der Waals surface area contributed by atoms with Gasteiger partial charge in [0.05, 0.1) is 11.0 Å². The Morgan fingerprint density at radius 1 is 1.15 bits per heavy atom. The zero-order valence-corrected chi connectivity index (χ0v) is 20.5. The molecule has 2 heterocycles. The van der Waals surface area contributed by atoms with Gasteiger partial charge in [0, 0.05) is 30.0 Å². The number of ether oxygens (including phenoxy) is 2. The van der Waals surface area contributed by atoms with Crippen molar-refractivity contribution < 1.29 is 14.6 Å². The van der Waals surface area contributed by atoms with Crippen LogP contribution < -0.4 is 4.74 Å². The first-order valence-electron chi connectivity index (χ1n) is 12.9. The van der Waals surface area contributed by atoms with E-state index in [1.165, 1.54) is 16.7 Å². The molecule has 0 radical (unpaired) electrons. The first-order chi connectivity index (χ1) is 16.4. The number of aryl methyl sites for hydroxylation is 1. The summed E-state index contributed by atoms with van der Waals surface area (Å²) in [6, 6.07) is 17.5. The maximum Gasteiger partial charge on any atom is 0.142 e. The molecule has 1 saturated heterocycles. The summed E-state index contributed by atoms with van der Waals surface area (Å²) in [7, 11) is 4.11. The van der Waals surface area contributed by atoms with Crippen LogP contribution in [0.15, 0.2) is 60.7 Å². The molecule has 4 bridgehead atoms. The van der Waals surface area contributed by atoms with Crippen LogP contribution >= 0.6 is 0 Å². The largest absolute Gasteiger partial charge is 0.486 e. The molecular formula is C30H35NO3. The molecule has 2 aromatic rings. The van der Waals surface area contributed by atoms with Crippen LogP contribution in [0.25, 0.3) is 0 Å². The Balaban J connectivity index is 1.37. The van der Waals surface area contributed by atoms with Gasteiger partial charge >= 0.3 is 0 Å². The molecule has 178 valence electrons. The van der Waals surface area contributed by atoms with Crippen LogP contribution in [0.1, 0.15) is 42.9 Å². The molecule has 4 nitrogen and oxygen atoms in total. The average Bonchev–Trinajstić information content (AvgIpc) is 3.22. The molecule has 2 aliphatic heterocycles. The van der Waals surface area contributed by atoms with Gasteiger partial charge in [-0.25, -0.2) is 0 Å². The van der Waals surface area contributed by atoms with Crippen molar-refractivity contribution >= 4 is 0 Å². The normalized spacial score (nSPS) is 40.5. The Bertz CT molecular complexity index is 1170. The van der Waals surface area contributed by atoms with Crippen LogP contribution in [0.4, 0.5) is 0 Å². The molecule has 8 rings (SSSR count). The van der Waals surface area contributed by atoms with Crippen LogP contribution in [0.2, 0.25) is 0 Å². The van der Waals surface area contributed by atoms with Crippen molar-refractivity contribution in [2.45, 2.75) is 67.8 Å². The number of nitrogens with zero attached hydrogens (tertiary/aromatic N) is 1. The molecule has 2 fully saturated rings. The van der Waals surface area contributed by atoms with Gasteiger partial charge in [-0.3, -0.25) is 0 Å². The van der Waals surface area contributed by atoms with E-state index in [-0.39, 0.29) is 22.9 Å². The lowest BCUT2D eigenvalue weighted by molar-refractivity contribution is -0.247. The van der Waals surface area contributed by atoms with Gasteiger partial charge in [-0.2, -0.15) is 0 Å². The highest BCUT2D eigenvalue weighted by Crippen LogP contribution is 2.74. The molecule has 0 amide bonds. The molecule has 6 aliphatic rings. The number of fused-ring (bicyclic) bond motifs is 1. The molecular weight excluding hydrogens is 422 g/mol. The summed E-state index contributed by atoms with van der Waals surface area (Å²) < 4.78 is 13.4. The quantitative estimate of drug-likeness (QED) is 0.680. The maximum atomic E-state index is 12.1. The monoisotopic (exact) mass is 457 g/mol. The summed E-state index contributed by atoms with van der Waals surface area (Å²) in [5, 5.41) is 12.1. The highest BCUT2D eigenvalue weighted by atomic mass is 16.6. The summed E-state index contributed by atoms with van der Waals surface area (Å²) in [6.07, 6.45) is 9.28. The van der Waals surface area contributed by atoms with Gasteiger partial charge in [0.15, 0.2) is 0 Å². The van der Waals surface area contributed by atoms with Crippen LogP contribution in [0.3, 0.4) is 0 Å². The zero-order chi connectivity index (χ0) is 23.3. The number of benzene rings is 2. The lowest BCUT2D eigenvalue weighted by atomic mass is 9.36. The number of aliphatic hydroxyl groups is 1. The van der Waals surface area contributed by atoms with Crippen molar-refractivity contribution in [1.82, 2.24) is 4.90 Å². The minimum absolute atomic E-state index is 0.0401. The summed E-state index contributed by atoms with van der Waals surface area (Å²) in [4.78, 5) is 2.57. The average molecular weight is 458 g/mol. The van der Waals surface area contributed by atoms with E-state index in [1.54, 1.807) is 0 Å². The molecule has 1 N–H and O–H groups in total. The molecule has 2 spiro atoms. The Kier molecular flexibility index (Phi) is 4.20. The third-order valence-corrected chi connectivity index (χ3v) is 10.5. The summed E-state index contributed by atoms with van der Waals surface area (Å²) in [6.45, 7) is 3.11. The predicted octanol–water partition coefficient (Wildman–Crippen LogP) is 4.29. The summed E-state index contributed by atoms with van der Waals surface area (Å²) in [5.74, 6) is 1.01. The van der Waals surface area contributed by atoms with Crippen molar-refractivity contribution in [3.8, 4) is 5.75 Å². The van der Waals surface area contributed by atoms with E-state index < -0.39 is 11.2 Å². The molecule has 4 aliphatic carbocycles. The van der Waals surface area contributed by atoms with E-state index >= 15 is 0 Å². The van der Waals surface area contributed by atoms with Crippen molar-refractivity contribution in [1.29, 1.82) is 0 Å². The Morgan fingerprint density at radius 3 is 2.76 bits per heavy atom. The fourth-order valence-corrected chi connectivity index (χ4v) is 8.95. The first-order valence-corrected chi connectivity index (χ1v) is 12.9. The van der Waals surface area contributed by atoms with E-state index in [0.29, 0.717) is 12.5 Å². The maximum absolute atomic E-state index is 12.1. The molecule has 0 aromatic heterocycles. The standard InChI is InChI=1S/C30H35NO3/c1-27(32,13-12-20-8-5-4-6-9-20)23-19-28-14-15-30(23,33-3)26-29(28)16-17-31(2)24(28)18-21-10-7-11-22(34-26)25(21)29/h4-11,14-15,23-24,26,32H,12-13,16-19H2,1-3H3/t23-,24-,26-,27-,28?,29+,30+/m1/s1. The topological polar surface area (TPSA) is 41.9 Å². The first kappa shape index (κ1) is 21.2.